The molecule has 0 aromatic carbocycles. The Morgan fingerprint density at radius 1 is 1.46 bits per heavy atom. The third-order valence-corrected chi connectivity index (χ3v) is 1.50. The van der Waals surface area contributed by atoms with Crippen molar-refractivity contribution < 1.29 is 5.32 Å². The van der Waals surface area contributed by atoms with Crippen LogP contribution in [0.3, 0.4) is 0 Å². The number of nitrogens with one attached hydrogen (secondary N) is 1. The molecule has 0 aromatic rings. The summed E-state index contributed by atoms with van der Waals surface area (Å²) in [6.07, 6.45) is 0.976. The first-order chi connectivity index (χ1) is 5.99. The van der Waals surface area contributed by atoms with Crippen molar-refractivity contribution in [2.24, 2.45) is 10.7 Å². The molecular formula is C9H23N4+. The quantitative estimate of drug-likeness (QED) is 0.243. The van der Waals surface area contributed by atoms with Crippen LogP contribution in [-0.4, -0.2) is 24.7 Å². The van der Waals surface area contributed by atoms with E-state index < -0.39 is 0 Å². The maximum Gasteiger partial charge on any atom is 0.196 e. The number of nitrogens with two attached hydrogens (primary N) is 2. The lowest BCUT2D eigenvalue weighted by atomic mass is 10.1. The van der Waals surface area contributed by atoms with E-state index in [1.165, 1.54) is 0 Å². The van der Waals surface area contributed by atoms with Gasteiger partial charge in [0.1, 0.15) is 0 Å². The highest BCUT2D eigenvalue weighted by Crippen LogP contribution is 1.89. The molecule has 0 atom stereocenters. The van der Waals surface area contributed by atoms with Gasteiger partial charge in [-0.15, -0.1) is 0 Å². The van der Waals surface area contributed by atoms with E-state index in [0.717, 1.165) is 12.3 Å². The average Bonchev–Trinajstić information content (AvgIpc) is 2.01. The molecule has 0 spiro atoms. The maximum atomic E-state index is 5.29. The zero-order valence-electron chi connectivity index (χ0n) is 9.22. The Labute approximate surface area is 81.0 Å². The van der Waals surface area contributed by atoms with E-state index in [1.54, 1.807) is 0 Å². The molecule has 4 nitrogen and oxygen atoms in total. The fourth-order valence-electron chi connectivity index (χ4n) is 0.981. The molecule has 0 radical (unpaired) electrons. The molecule has 0 saturated heterocycles. The monoisotopic (exact) mass is 187 g/mol. The first-order valence-electron chi connectivity index (χ1n) is 4.79. The Bertz CT molecular complexity index is 157. The number of hydrogen-bond donors (Lipinski definition) is 3. The molecule has 0 bridgehead atoms. The van der Waals surface area contributed by atoms with Gasteiger partial charge in [-0.05, 0) is 20.8 Å². The molecule has 78 valence electrons. The summed E-state index contributed by atoms with van der Waals surface area (Å²) < 4.78 is 0. The van der Waals surface area contributed by atoms with Crippen molar-refractivity contribution in [1.29, 1.82) is 0 Å². The van der Waals surface area contributed by atoms with Crippen molar-refractivity contribution in [1.82, 2.24) is 5.32 Å². The van der Waals surface area contributed by atoms with Crippen LogP contribution in [0.25, 0.3) is 0 Å². The summed E-state index contributed by atoms with van der Waals surface area (Å²) in [5.41, 5.74) is 5.50. The zero-order chi connectivity index (χ0) is 10.3. The molecule has 0 heterocycles. The molecule has 0 saturated carbocycles. The number of hydrogen-bond acceptors (Lipinski definition) is 3. The highest BCUT2D eigenvalue weighted by atomic mass is 15.1. The normalized spacial score (nSPS) is 13.5. The van der Waals surface area contributed by atoms with E-state index in [9.17, 15) is 0 Å². The van der Waals surface area contributed by atoms with Gasteiger partial charge >= 0.3 is 0 Å². The van der Waals surface area contributed by atoms with E-state index in [2.05, 4.69) is 43.3 Å². The zero-order valence-corrected chi connectivity index (χ0v) is 9.22. The summed E-state index contributed by atoms with van der Waals surface area (Å²) in [5, 5.41) is 5.17. The van der Waals surface area contributed by atoms with Crippen LogP contribution in [0.1, 0.15) is 34.1 Å². The molecule has 0 fully saturated rings. The van der Waals surface area contributed by atoms with Crippen LogP contribution in [0.2, 0.25) is 0 Å². The van der Waals surface area contributed by atoms with Crippen LogP contribution in [0.5, 0.6) is 0 Å². The van der Waals surface area contributed by atoms with Crippen LogP contribution in [0.4, 0.5) is 0 Å². The van der Waals surface area contributed by atoms with Crippen LogP contribution in [0.15, 0.2) is 4.99 Å². The SMILES string of the molecule is CCC(=NCNCN)[NH2+]C(C)(C)C. The minimum Gasteiger partial charge on any atom is -0.318 e. The van der Waals surface area contributed by atoms with Crippen LogP contribution >= 0.6 is 0 Å². The minimum atomic E-state index is 0.206. The highest BCUT2D eigenvalue weighted by molar-refractivity contribution is 5.72. The van der Waals surface area contributed by atoms with Gasteiger partial charge in [0.05, 0.1) is 12.2 Å². The van der Waals surface area contributed by atoms with Gasteiger partial charge in [-0.3, -0.25) is 10.6 Å². The van der Waals surface area contributed by atoms with Crippen LogP contribution < -0.4 is 16.4 Å². The second-order valence-corrected chi connectivity index (χ2v) is 4.13. The first kappa shape index (κ1) is 12.6. The van der Waals surface area contributed by atoms with Gasteiger partial charge in [0, 0.05) is 13.1 Å². The van der Waals surface area contributed by atoms with Crippen molar-refractivity contribution >= 4 is 5.84 Å². The fraction of sp³-hybridized carbons (Fsp3) is 0.889. The van der Waals surface area contributed by atoms with Crippen molar-refractivity contribution in [3.05, 3.63) is 0 Å². The van der Waals surface area contributed by atoms with Gasteiger partial charge in [-0.2, -0.15) is 0 Å². The second-order valence-electron chi connectivity index (χ2n) is 4.13. The van der Waals surface area contributed by atoms with Gasteiger partial charge in [0.2, 0.25) is 0 Å². The highest BCUT2D eigenvalue weighted by Gasteiger charge is 2.15. The van der Waals surface area contributed by atoms with Crippen LogP contribution in [0, 0.1) is 0 Å². The Hall–Kier alpha value is -0.450. The number of quaternary nitrogens is 1. The lowest BCUT2D eigenvalue weighted by molar-refractivity contribution is -0.615. The van der Waals surface area contributed by atoms with Crippen molar-refractivity contribution in [3.8, 4) is 0 Å². The van der Waals surface area contributed by atoms with Crippen molar-refractivity contribution in [2.75, 3.05) is 13.3 Å². The summed E-state index contributed by atoms with van der Waals surface area (Å²) in [4.78, 5) is 4.39. The van der Waals surface area contributed by atoms with E-state index >= 15 is 0 Å². The lowest BCUT2D eigenvalue weighted by Gasteiger charge is -2.17. The summed E-state index contributed by atoms with van der Waals surface area (Å²) >= 11 is 0. The third kappa shape index (κ3) is 7.90. The van der Waals surface area contributed by atoms with Gasteiger partial charge in [0.15, 0.2) is 5.84 Å². The molecule has 0 amide bonds. The largest absolute Gasteiger partial charge is 0.318 e. The first-order valence-corrected chi connectivity index (χ1v) is 4.79. The molecule has 0 aliphatic rings. The third-order valence-electron chi connectivity index (χ3n) is 1.50. The van der Waals surface area contributed by atoms with E-state index in [4.69, 9.17) is 5.73 Å². The predicted octanol–water partition coefficient (Wildman–Crippen LogP) is -0.380. The molecule has 0 rings (SSSR count). The lowest BCUT2D eigenvalue weighted by Crippen LogP contribution is -2.97. The van der Waals surface area contributed by atoms with Gasteiger partial charge < -0.3 is 5.73 Å². The molecule has 0 aliphatic heterocycles. The second kappa shape index (κ2) is 6.07. The van der Waals surface area contributed by atoms with Crippen molar-refractivity contribution in [2.45, 2.75) is 39.7 Å². The molecule has 4 heteroatoms. The molecule has 0 aromatic heterocycles. The topological polar surface area (TPSA) is 67.0 Å². The Morgan fingerprint density at radius 2 is 2.08 bits per heavy atom. The molecular weight excluding hydrogens is 164 g/mol. The van der Waals surface area contributed by atoms with Gasteiger partial charge in [0.25, 0.3) is 0 Å². The maximum absolute atomic E-state index is 5.29. The predicted molar refractivity (Wildman–Crippen MR) is 56.5 cm³/mol. The Kier molecular flexibility index (Phi) is 5.86. The van der Waals surface area contributed by atoms with E-state index in [1.807, 2.05) is 0 Å². The van der Waals surface area contributed by atoms with E-state index in [0.29, 0.717) is 13.3 Å². The fourth-order valence-corrected chi connectivity index (χ4v) is 0.981. The smallest absolute Gasteiger partial charge is 0.196 e. The van der Waals surface area contributed by atoms with Gasteiger partial charge in [-0.1, -0.05) is 6.92 Å². The Balaban J connectivity index is 3.94. The standard InChI is InChI=1S/C9H22N4/c1-5-8(12-7-11-6-10)13-9(2,3)4/h11H,5-7,10H2,1-4H3,(H,12,13)/p+1. The minimum absolute atomic E-state index is 0.206. The number of aliphatic imine (C=N–C) groups is 1. The van der Waals surface area contributed by atoms with E-state index in [-0.39, 0.29) is 5.54 Å². The van der Waals surface area contributed by atoms with Crippen LogP contribution in [-0.2, 0) is 0 Å². The summed E-state index contributed by atoms with van der Waals surface area (Å²) in [5.74, 6) is 1.15. The average molecular weight is 187 g/mol. The molecule has 0 aliphatic carbocycles. The van der Waals surface area contributed by atoms with Crippen molar-refractivity contribution in [3.63, 3.8) is 0 Å². The number of nitrogens with zero attached hydrogens (tertiary/aromatic N) is 1. The number of rotatable bonds is 4. The summed E-state index contributed by atoms with van der Waals surface area (Å²) in [6, 6.07) is 0. The summed E-state index contributed by atoms with van der Waals surface area (Å²) in [6.45, 7) is 9.74. The summed E-state index contributed by atoms with van der Waals surface area (Å²) in [7, 11) is 0. The molecule has 5 N–H and O–H groups in total. The van der Waals surface area contributed by atoms with Gasteiger partial charge in [-0.25, -0.2) is 4.99 Å². The Morgan fingerprint density at radius 3 is 2.46 bits per heavy atom. The molecule has 0 unspecified atom stereocenters. The number of amidine groups is 1. The molecule has 13 heavy (non-hydrogen) atoms.